The first-order chi connectivity index (χ1) is 12.3. The van der Waals surface area contributed by atoms with Gasteiger partial charge < -0.3 is 4.74 Å². The van der Waals surface area contributed by atoms with Gasteiger partial charge in [0.15, 0.2) is 0 Å². The Morgan fingerprint density at radius 3 is 2.52 bits per heavy atom. The van der Waals surface area contributed by atoms with E-state index in [4.69, 9.17) is 9.57 Å². The lowest BCUT2D eigenvalue weighted by molar-refractivity contribution is -0.109. The van der Waals surface area contributed by atoms with Crippen LogP contribution in [0.4, 0.5) is 0 Å². The van der Waals surface area contributed by atoms with E-state index in [1.54, 1.807) is 7.11 Å². The lowest BCUT2D eigenvalue weighted by Crippen LogP contribution is -2.35. The third kappa shape index (κ3) is 3.06. The summed E-state index contributed by atoms with van der Waals surface area (Å²) in [6.45, 7) is 4.49. The maximum Gasteiger partial charge on any atom is 0.278 e. The van der Waals surface area contributed by atoms with Crippen LogP contribution in [0.3, 0.4) is 0 Å². The average Bonchev–Trinajstić information content (AvgIpc) is 2.95. The van der Waals surface area contributed by atoms with Gasteiger partial charge in [-0.05, 0) is 22.8 Å². The average molecular weight is 338 g/mol. The Labute approximate surface area is 147 Å². The summed E-state index contributed by atoms with van der Waals surface area (Å²) in [4.78, 5) is 20.3. The highest BCUT2D eigenvalue weighted by atomic mass is 16.7. The van der Waals surface area contributed by atoms with Gasteiger partial charge in [0, 0.05) is 25.2 Å². The summed E-state index contributed by atoms with van der Waals surface area (Å²) in [6.07, 6.45) is 0. The van der Waals surface area contributed by atoms with Crippen LogP contribution in [0.2, 0.25) is 0 Å². The van der Waals surface area contributed by atoms with E-state index in [1.165, 1.54) is 10.6 Å². The summed E-state index contributed by atoms with van der Waals surface area (Å²) in [5.41, 5.74) is 4.04. The largest absolute Gasteiger partial charge is 0.379 e. The number of hydroxylamine groups is 2. The molecule has 0 N–H and O–H groups in total. The molecule has 0 spiro atoms. The number of carbonyl (C=O) groups excluding carboxylic acids is 1. The zero-order chi connectivity index (χ0) is 17.2. The summed E-state index contributed by atoms with van der Waals surface area (Å²) in [6, 6.07) is 16.0. The number of fused-ring (bicyclic) bond motifs is 1. The predicted molar refractivity (Wildman–Crippen MR) is 94.0 cm³/mol. The van der Waals surface area contributed by atoms with Gasteiger partial charge in [-0.3, -0.25) is 14.5 Å². The van der Waals surface area contributed by atoms with Crippen molar-refractivity contribution in [2.75, 3.05) is 33.4 Å². The first kappa shape index (κ1) is 16.3. The second-order valence-corrected chi connectivity index (χ2v) is 6.43. The Hall–Kier alpha value is -2.21. The number of amides is 1. The van der Waals surface area contributed by atoms with Crippen LogP contribution in [0.5, 0.6) is 0 Å². The zero-order valence-corrected chi connectivity index (χ0v) is 14.4. The summed E-state index contributed by atoms with van der Waals surface area (Å²) in [5.74, 6) is -0.0829. The molecule has 0 aliphatic carbocycles. The molecule has 2 aromatic rings. The Kier molecular flexibility index (Phi) is 4.53. The fourth-order valence-corrected chi connectivity index (χ4v) is 3.62. The van der Waals surface area contributed by atoms with Gasteiger partial charge in [0.25, 0.3) is 5.91 Å². The van der Waals surface area contributed by atoms with Gasteiger partial charge in [-0.25, -0.2) is 5.06 Å². The molecule has 130 valence electrons. The Morgan fingerprint density at radius 1 is 1.08 bits per heavy atom. The number of hydrogen-bond donors (Lipinski definition) is 0. The van der Waals surface area contributed by atoms with Gasteiger partial charge in [-0.15, -0.1) is 0 Å². The van der Waals surface area contributed by atoms with Gasteiger partial charge >= 0.3 is 0 Å². The van der Waals surface area contributed by atoms with E-state index in [2.05, 4.69) is 29.2 Å². The van der Waals surface area contributed by atoms with Crippen LogP contribution in [0.1, 0.15) is 33.1 Å². The number of morpholine rings is 1. The van der Waals surface area contributed by atoms with Gasteiger partial charge in [0.2, 0.25) is 0 Å². The van der Waals surface area contributed by atoms with E-state index in [9.17, 15) is 4.79 Å². The minimum Gasteiger partial charge on any atom is -0.379 e. The monoisotopic (exact) mass is 338 g/mol. The highest BCUT2D eigenvalue weighted by Crippen LogP contribution is 2.38. The van der Waals surface area contributed by atoms with Crippen LogP contribution >= 0.6 is 0 Å². The number of rotatable bonds is 4. The second-order valence-electron chi connectivity index (χ2n) is 6.43. The molecule has 0 radical (unpaired) electrons. The van der Waals surface area contributed by atoms with Crippen molar-refractivity contribution in [2.45, 2.75) is 12.6 Å². The molecule has 5 heteroatoms. The Bertz CT molecular complexity index is 754. The molecule has 25 heavy (non-hydrogen) atoms. The third-order valence-electron chi connectivity index (χ3n) is 4.92. The molecule has 0 saturated carbocycles. The number of nitrogens with zero attached hydrogens (tertiary/aromatic N) is 2. The van der Waals surface area contributed by atoms with Crippen LogP contribution < -0.4 is 0 Å². The molecule has 2 aromatic carbocycles. The molecular formula is C20H22N2O3. The summed E-state index contributed by atoms with van der Waals surface area (Å²) in [7, 11) is 1.55. The van der Waals surface area contributed by atoms with Crippen molar-refractivity contribution >= 4 is 5.91 Å². The molecule has 1 fully saturated rings. The lowest BCUT2D eigenvalue weighted by atomic mass is 9.97. The van der Waals surface area contributed by atoms with Crippen molar-refractivity contribution < 1.29 is 14.4 Å². The first-order valence-corrected chi connectivity index (χ1v) is 8.63. The van der Waals surface area contributed by atoms with Gasteiger partial charge in [0.05, 0.1) is 20.3 Å². The van der Waals surface area contributed by atoms with Crippen LogP contribution in [0.25, 0.3) is 0 Å². The summed E-state index contributed by atoms with van der Waals surface area (Å²) in [5, 5.41) is 1.46. The molecule has 2 aliphatic heterocycles. The standard InChI is InChI=1S/C20H22N2O3/c1-24-22-19(17-4-2-3-5-18(17)20(22)23)16-8-6-15(7-9-16)14-21-10-12-25-13-11-21/h2-9,19H,10-14H2,1H3. The van der Waals surface area contributed by atoms with Crippen LogP contribution in [-0.4, -0.2) is 49.3 Å². The van der Waals surface area contributed by atoms with E-state index in [1.807, 2.05) is 24.3 Å². The minimum absolute atomic E-state index is 0.0829. The molecule has 2 aliphatic rings. The second kappa shape index (κ2) is 6.96. The van der Waals surface area contributed by atoms with Crippen LogP contribution in [0, 0.1) is 0 Å². The van der Waals surface area contributed by atoms with Crippen LogP contribution in [-0.2, 0) is 16.1 Å². The Morgan fingerprint density at radius 2 is 1.80 bits per heavy atom. The van der Waals surface area contributed by atoms with Crippen molar-refractivity contribution in [1.82, 2.24) is 9.96 Å². The SMILES string of the molecule is CON1C(=O)c2ccccc2C1c1ccc(CN2CCOCC2)cc1. The highest BCUT2D eigenvalue weighted by Gasteiger charge is 2.38. The van der Waals surface area contributed by atoms with Crippen molar-refractivity contribution in [3.05, 3.63) is 70.8 Å². The van der Waals surface area contributed by atoms with E-state index >= 15 is 0 Å². The smallest absolute Gasteiger partial charge is 0.278 e. The fraction of sp³-hybridized carbons (Fsp3) is 0.350. The molecule has 1 saturated heterocycles. The van der Waals surface area contributed by atoms with Crippen molar-refractivity contribution in [3.63, 3.8) is 0 Å². The lowest BCUT2D eigenvalue weighted by Gasteiger charge is -2.27. The molecule has 1 amide bonds. The fourth-order valence-electron chi connectivity index (χ4n) is 3.62. The van der Waals surface area contributed by atoms with Crippen molar-refractivity contribution in [1.29, 1.82) is 0 Å². The zero-order valence-electron chi connectivity index (χ0n) is 14.4. The quantitative estimate of drug-likeness (QED) is 0.859. The minimum atomic E-state index is -0.189. The van der Waals surface area contributed by atoms with Gasteiger partial charge in [0.1, 0.15) is 6.04 Å². The highest BCUT2D eigenvalue weighted by molar-refractivity contribution is 5.99. The van der Waals surface area contributed by atoms with E-state index in [-0.39, 0.29) is 11.9 Å². The Balaban J connectivity index is 1.57. The molecule has 1 unspecified atom stereocenters. The predicted octanol–water partition coefficient (Wildman–Crippen LogP) is 2.63. The number of benzene rings is 2. The van der Waals surface area contributed by atoms with E-state index in [0.29, 0.717) is 5.56 Å². The van der Waals surface area contributed by atoms with E-state index in [0.717, 1.165) is 44.0 Å². The molecule has 4 rings (SSSR count). The molecule has 5 nitrogen and oxygen atoms in total. The first-order valence-electron chi connectivity index (χ1n) is 8.63. The normalized spacial score (nSPS) is 20.8. The van der Waals surface area contributed by atoms with Gasteiger partial charge in [-0.1, -0.05) is 42.5 Å². The maximum absolute atomic E-state index is 12.5. The maximum atomic E-state index is 12.5. The topological polar surface area (TPSA) is 42.0 Å². The molecule has 2 heterocycles. The molecule has 1 atom stereocenters. The van der Waals surface area contributed by atoms with Gasteiger partial charge in [-0.2, -0.15) is 0 Å². The summed E-state index contributed by atoms with van der Waals surface area (Å²) >= 11 is 0. The number of hydrogen-bond acceptors (Lipinski definition) is 4. The molecule has 0 bridgehead atoms. The summed E-state index contributed by atoms with van der Waals surface area (Å²) < 4.78 is 5.40. The molecule has 0 aromatic heterocycles. The number of carbonyl (C=O) groups is 1. The van der Waals surface area contributed by atoms with Crippen molar-refractivity contribution in [2.24, 2.45) is 0 Å². The van der Waals surface area contributed by atoms with Crippen LogP contribution in [0.15, 0.2) is 48.5 Å². The molecular weight excluding hydrogens is 316 g/mol. The van der Waals surface area contributed by atoms with Crippen molar-refractivity contribution in [3.8, 4) is 0 Å². The van der Waals surface area contributed by atoms with E-state index < -0.39 is 0 Å². The third-order valence-corrected chi connectivity index (χ3v) is 4.92. The number of ether oxygens (including phenoxy) is 1.